The van der Waals surface area contributed by atoms with Gasteiger partial charge in [-0.15, -0.1) is 0 Å². The fourth-order valence-electron chi connectivity index (χ4n) is 3.84. The smallest absolute Gasteiger partial charge is 0.124 e. The third-order valence-electron chi connectivity index (χ3n) is 5.60. The predicted molar refractivity (Wildman–Crippen MR) is 112 cm³/mol. The van der Waals surface area contributed by atoms with Gasteiger partial charge in [0.15, 0.2) is 0 Å². The molecule has 2 rings (SSSR count). The van der Waals surface area contributed by atoms with Crippen LogP contribution in [0.2, 0.25) is 0 Å². The zero-order valence-electron chi connectivity index (χ0n) is 18.1. The number of nitrogens with zero attached hydrogens (tertiary/aromatic N) is 1. The number of aromatic hydroxyl groups is 1. The molecule has 1 aromatic rings. The topological polar surface area (TPSA) is 35.5 Å². The lowest BCUT2D eigenvalue weighted by Crippen LogP contribution is -2.45. The summed E-state index contributed by atoms with van der Waals surface area (Å²) in [6.45, 7) is 19.8. The van der Waals surface area contributed by atoms with Gasteiger partial charge in [-0.2, -0.15) is 0 Å². The maximum Gasteiger partial charge on any atom is 0.124 e. The van der Waals surface area contributed by atoms with E-state index in [-0.39, 0.29) is 10.8 Å². The molecule has 0 bridgehead atoms. The summed E-state index contributed by atoms with van der Waals surface area (Å²) in [7, 11) is 0. The number of benzene rings is 1. The van der Waals surface area contributed by atoms with Crippen LogP contribution in [0.4, 0.5) is 0 Å². The summed E-state index contributed by atoms with van der Waals surface area (Å²) in [6.07, 6.45) is 3.49. The van der Waals surface area contributed by atoms with Crippen molar-refractivity contribution in [2.75, 3.05) is 26.2 Å². The van der Waals surface area contributed by atoms with Crippen LogP contribution in [0, 0.1) is 0 Å². The molecule has 148 valence electrons. The molecule has 0 radical (unpaired) electrons. The van der Waals surface area contributed by atoms with E-state index in [0.29, 0.717) is 11.8 Å². The van der Waals surface area contributed by atoms with Gasteiger partial charge < -0.3 is 10.4 Å². The van der Waals surface area contributed by atoms with Crippen molar-refractivity contribution in [3.8, 4) is 5.75 Å². The highest BCUT2D eigenvalue weighted by Gasteiger charge is 2.30. The van der Waals surface area contributed by atoms with Crippen molar-refractivity contribution in [2.45, 2.75) is 84.6 Å². The Balaban J connectivity index is 2.57. The van der Waals surface area contributed by atoms with Crippen LogP contribution in [0.5, 0.6) is 5.75 Å². The first kappa shape index (κ1) is 21.2. The van der Waals surface area contributed by atoms with Gasteiger partial charge in [-0.05, 0) is 34.4 Å². The molecule has 1 saturated heterocycles. The first-order valence-electron chi connectivity index (χ1n) is 10.4. The van der Waals surface area contributed by atoms with Crippen LogP contribution >= 0.6 is 0 Å². The van der Waals surface area contributed by atoms with Gasteiger partial charge in [0.1, 0.15) is 5.75 Å². The summed E-state index contributed by atoms with van der Waals surface area (Å²) in [6, 6.07) is 4.82. The van der Waals surface area contributed by atoms with Crippen molar-refractivity contribution >= 4 is 0 Å². The summed E-state index contributed by atoms with van der Waals surface area (Å²) in [5.74, 6) is 0.519. The largest absolute Gasteiger partial charge is 0.507 e. The molecule has 0 aliphatic carbocycles. The highest BCUT2D eigenvalue weighted by molar-refractivity contribution is 5.50. The Bertz CT molecular complexity index is 589. The highest BCUT2D eigenvalue weighted by Crippen LogP contribution is 2.42. The average Bonchev–Trinajstić information content (AvgIpc) is 2.55. The molecule has 1 aromatic carbocycles. The lowest BCUT2D eigenvalue weighted by atomic mass is 9.77. The van der Waals surface area contributed by atoms with Crippen molar-refractivity contribution in [3.05, 3.63) is 28.8 Å². The van der Waals surface area contributed by atoms with Crippen LogP contribution in [0.25, 0.3) is 0 Å². The molecule has 1 heterocycles. The van der Waals surface area contributed by atoms with Gasteiger partial charge in [-0.1, -0.05) is 67.4 Å². The van der Waals surface area contributed by atoms with Gasteiger partial charge in [0, 0.05) is 37.8 Å². The highest BCUT2D eigenvalue weighted by atomic mass is 16.3. The van der Waals surface area contributed by atoms with Crippen molar-refractivity contribution in [3.63, 3.8) is 0 Å². The summed E-state index contributed by atoms with van der Waals surface area (Å²) in [5, 5.41) is 14.7. The molecular weight excluding hydrogens is 320 g/mol. The quantitative estimate of drug-likeness (QED) is 0.764. The van der Waals surface area contributed by atoms with Gasteiger partial charge in [0.05, 0.1) is 0 Å². The lowest BCUT2D eigenvalue weighted by molar-refractivity contribution is 0.160. The molecule has 2 N–H and O–H groups in total. The monoisotopic (exact) mass is 360 g/mol. The minimum atomic E-state index is -0.0706. The Labute approximate surface area is 161 Å². The average molecular weight is 361 g/mol. The second-order valence-corrected chi connectivity index (χ2v) is 9.91. The van der Waals surface area contributed by atoms with Gasteiger partial charge in [0.25, 0.3) is 0 Å². The lowest BCUT2D eigenvalue weighted by Gasteiger charge is -2.37. The minimum Gasteiger partial charge on any atom is -0.507 e. The van der Waals surface area contributed by atoms with Gasteiger partial charge >= 0.3 is 0 Å². The Morgan fingerprint density at radius 1 is 1.04 bits per heavy atom. The summed E-state index contributed by atoms with van der Waals surface area (Å²) >= 11 is 0. The van der Waals surface area contributed by atoms with E-state index >= 15 is 0 Å². The Hall–Kier alpha value is -1.06. The third kappa shape index (κ3) is 5.01. The molecule has 1 aliphatic heterocycles. The number of hydrogen-bond donors (Lipinski definition) is 2. The molecule has 0 unspecified atom stereocenters. The van der Waals surface area contributed by atoms with Crippen molar-refractivity contribution in [1.82, 2.24) is 10.2 Å². The molecular formula is C23H40N2O. The van der Waals surface area contributed by atoms with E-state index in [4.69, 9.17) is 0 Å². The molecule has 1 aliphatic rings. The second-order valence-electron chi connectivity index (χ2n) is 9.91. The maximum atomic E-state index is 11.3. The Kier molecular flexibility index (Phi) is 6.79. The van der Waals surface area contributed by atoms with Crippen molar-refractivity contribution in [1.29, 1.82) is 0 Å². The number of unbranched alkanes of at least 4 members (excludes halogenated alkanes) is 1. The number of nitrogens with one attached hydrogen (secondary N) is 1. The standard InChI is InChI=1S/C23H40N2O/c1-8-9-10-20(25-13-11-24-12-14-25)18-15-17(22(2,3)4)16-19(21(18)26)23(5,6)7/h15-16,20,24,26H,8-14H2,1-7H3/t20-/m1/s1. The predicted octanol–water partition coefficient (Wildman–Crippen LogP) is 5.12. The zero-order valence-corrected chi connectivity index (χ0v) is 18.1. The van der Waals surface area contributed by atoms with E-state index in [0.717, 1.165) is 43.7 Å². The van der Waals surface area contributed by atoms with Crippen LogP contribution in [0.1, 0.15) is 90.5 Å². The van der Waals surface area contributed by atoms with Crippen molar-refractivity contribution in [2.24, 2.45) is 0 Å². The van der Waals surface area contributed by atoms with Crippen LogP contribution in [0.15, 0.2) is 12.1 Å². The second kappa shape index (κ2) is 8.31. The Morgan fingerprint density at radius 3 is 2.15 bits per heavy atom. The molecule has 26 heavy (non-hydrogen) atoms. The van der Waals surface area contributed by atoms with E-state index in [1.165, 1.54) is 18.4 Å². The molecule has 0 saturated carbocycles. The first-order chi connectivity index (χ1) is 12.1. The summed E-state index contributed by atoms with van der Waals surface area (Å²) in [4.78, 5) is 2.57. The van der Waals surface area contributed by atoms with Gasteiger partial charge in [-0.3, -0.25) is 4.90 Å². The number of rotatable bonds is 5. The van der Waals surface area contributed by atoms with Gasteiger partial charge in [-0.25, -0.2) is 0 Å². The SMILES string of the molecule is CCCC[C@H](c1cc(C(C)(C)C)cc(C(C)(C)C)c1O)N1CCNCC1. The summed E-state index contributed by atoms with van der Waals surface area (Å²) < 4.78 is 0. The number of phenolic OH excluding ortho intramolecular Hbond substituents is 1. The van der Waals surface area contributed by atoms with Crippen molar-refractivity contribution < 1.29 is 5.11 Å². The minimum absolute atomic E-state index is 0.0706. The third-order valence-corrected chi connectivity index (χ3v) is 5.60. The number of phenols is 1. The molecule has 0 spiro atoms. The zero-order chi connectivity index (χ0) is 19.5. The molecule has 1 atom stereocenters. The molecule has 1 fully saturated rings. The summed E-state index contributed by atoms with van der Waals surface area (Å²) in [5.41, 5.74) is 3.54. The van der Waals surface area contributed by atoms with E-state index in [1.807, 2.05) is 0 Å². The van der Waals surface area contributed by atoms with Crippen LogP contribution in [-0.4, -0.2) is 36.2 Å². The fraction of sp³-hybridized carbons (Fsp3) is 0.739. The van der Waals surface area contributed by atoms with E-state index in [1.54, 1.807) is 0 Å². The first-order valence-corrected chi connectivity index (χ1v) is 10.4. The van der Waals surface area contributed by atoms with Gasteiger partial charge in [0.2, 0.25) is 0 Å². The van der Waals surface area contributed by atoms with Crippen LogP contribution in [-0.2, 0) is 10.8 Å². The Morgan fingerprint density at radius 2 is 1.65 bits per heavy atom. The number of hydrogen-bond acceptors (Lipinski definition) is 3. The van der Waals surface area contributed by atoms with Crippen LogP contribution < -0.4 is 5.32 Å². The van der Waals surface area contributed by atoms with E-state index in [9.17, 15) is 5.11 Å². The van der Waals surface area contributed by atoms with E-state index < -0.39 is 0 Å². The number of piperazine rings is 1. The molecule has 0 aromatic heterocycles. The molecule has 0 amide bonds. The normalized spacial score (nSPS) is 18.1. The van der Waals surface area contributed by atoms with E-state index in [2.05, 4.69) is 70.8 Å². The maximum absolute atomic E-state index is 11.3. The fourth-order valence-corrected chi connectivity index (χ4v) is 3.84. The van der Waals surface area contributed by atoms with Crippen LogP contribution in [0.3, 0.4) is 0 Å². The molecule has 3 nitrogen and oxygen atoms in total. The molecule has 3 heteroatoms.